The van der Waals surface area contributed by atoms with Crippen molar-refractivity contribution in [1.29, 1.82) is 5.26 Å². The first kappa shape index (κ1) is 14.5. The summed E-state index contributed by atoms with van der Waals surface area (Å²) >= 11 is 0. The lowest BCUT2D eigenvalue weighted by molar-refractivity contribution is -0.122. The topological polar surface area (TPSA) is 40.9 Å². The molecule has 1 aliphatic carbocycles. The average molecular weight is 267 g/mol. The van der Waals surface area contributed by atoms with Crippen molar-refractivity contribution in [1.82, 2.24) is 0 Å². The lowest BCUT2D eigenvalue weighted by atomic mass is 9.73. The van der Waals surface area contributed by atoms with E-state index < -0.39 is 0 Å². The van der Waals surface area contributed by atoms with E-state index in [0.29, 0.717) is 23.2 Å². The summed E-state index contributed by atoms with van der Waals surface area (Å²) in [7, 11) is 0. The first-order chi connectivity index (χ1) is 9.52. The monoisotopic (exact) mass is 267 g/mol. The van der Waals surface area contributed by atoms with Crippen molar-refractivity contribution in [3.63, 3.8) is 0 Å². The minimum atomic E-state index is 0.163. The molecule has 1 aliphatic rings. The Balaban J connectivity index is 2.30. The third-order valence-corrected chi connectivity index (χ3v) is 4.23. The van der Waals surface area contributed by atoms with Crippen molar-refractivity contribution in [3.8, 4) is 6.07 Å². The van der Waals surface area contributed by atoms with Crippen LogP contribution in [0.5, 0.6) is 0 Å². The maximum absolute atomic E-state index is 12.6. The Kier molecular flexibility index (Phi) is 4.39. The number of benzene rings is 1. The Morgan fingerprint density at radius 3 is 2.45 bits per heavy atom. The number of ketones is 1. The molecular weight excluding hydrogens is 246 g/mol. The van der Waals surface area contributed by atoms with Gasteiger partial charge in [0.25, 0.3) is 0 Å². The molecule has 2 rings (SSSR count). The first-order valence-corrected chi connectivity index (χ1v) is 7.29. The van der Waals surface area contributed by atoms with Gasteiger partial charge < -0.3 is 0 Å². The molecule has 2 heteroatoms. The predicted octanol–water partition coefficient (Wildman–Crippen LogP) is 4.21. The van der Waals surface area contributed by atoms with Gasteiger partial charge in [0.2, 0.25) is 0 Å². The van der Waals surface area contributed by atoms with Gasteiger partial charge in [-0.2, -0.15) is 5.26 Å². The quantitative estimate of drug-likeness (QED) is 0.753. The largest absolute Gasteiger partial charge is 0.294 e. The number of carbonyl (C=O) groups excluding carboxylic acids is 1. The molecule has 1 fully saturated rings. The summed E-state index contributed by atoms with van der Waals surface area (Å²) in [6.07, 6.45) is 4.09. The summed E-state index contributed by atoms with van der Waals surface area (Å²) in [5.41, 5.74) is 2.60. The number of Topliss-reactive ketones (excluding diaryl/α,β-unsaturated/α-hetero) is 1. The van der Waals surface area contributed by atoms with E-state index in [1.54, 1.807) is 12.1 Å². The second-order valence-corrected chi connectivity index (χ2v) is 6.03. The molecule has 104 valence electrons. The van der Waals surface area contributed by atoms with E-state index in [2.05, 4.69) is 26.8 Å². The summed E-state index contributed by atoms with van der Waals surface area (Å²) in [6.45, 7) is 6.37. The third-order valence-electron chi connectivity index (χ3n) is 4.23. The number of hydrogen-bond donors (Lipinski definition) is 0. The molecule has 0 spiro atoms. The van der Waals surface area contributed by atoms with E-state index in [1.165, 1.54) is 0 Å². The molecule has 0 N–H and O–H groups in total. The summed E-state index contributed by atoms with van der Waals surface area (Å²) in [5, 5.41) is 8.81. The van der Waals surface area contributed by atoms with Crippen molar-refractivity contribution >= 4 is 11.9 Å². The molecule has 2 atom stereocenters. The highest BCUT2D eigenvalue weighted by molar-refractivity contribution is 6.02. The summed E-state index contributed by atoms with van der Waals surface area (Å²) in [5.74, 6) is 1.20. The van der Waals surface area contributed by atoms with Crippen LogP contribution in [0.1, 0.15) is 44.7 Å². The van der Waals surface area contributed by atoms with Crippen LogP contribution in [0.4, 0.5) is 0 Å². The van der Waals surface area contributed by atoms with Crippen LogP contribution in [0, 0.1) is 29.1 Å². The van der Waals surface area contributed by atoms with E-state index in [4.69, 9.17) is 5.26 Å². The molecule has 1 aromatic carbocycles. The molecule has 1 saturated carbocycles. The van der Waals surface area contributed by atoms with Gasteiger partial charge in [-0.15, -0.1) is 0 Å². The molecule has 0 saturated heterocycles. The fraction of sp³-hybridized carbons (Fsp3) is 0.444. The minimum absolute atomic E-state index is 0.163. The highest BCUT2D eigenvalue weighted by Gasteiger charge is 2.32. The Bertz CT molecular complexity index is 560. The molecule has 2 nitrogen and oxygen atoms in total. The molecule has 1 aromatic rings. The first-order valence-electron chi connectivity index (χ1n) is 7.29. The van der Waals surface area contributed by atoms with E-state index in [9.17, 15) is 4.79 Å². The van der Waals surface area contributed by atoms with Crippen molar-refractivity contribution in [2.45, 2.75) is 33.6 Å². The summed E-state index contributed by atoms with van der Waals surface area (Å²) in [6, 6.07) is 9.52. The van der Waals surface area contributed by atoms with Crippen LogP contribution < -0.4 is 0 Å². The zero-order valence-electron chi connectivity index (χ0n) is 12.4. The second-order valence-electron chi connectivity index (χ2n) is 6.03. The Morgan fingerprint density at radius 1 is 1.25 bits per heavy atom. The Labute approximate surface area is 121 Å². The van der Waals surface area contributed by atoms with Crippen LogP contribution in [0.2, 0.25) is 0 Å². The van der Waals surface area contributed by atoms with Gasteiger partial charge in [-0.25, -0.2) is 0 Å². The second kappa shape index (κ2) is 6.05. The third kappa shape index (κ3) is 2.99. The van der Waals surface area contributed by atoms with Crippen LogP contribution in [0.15, 0.2) is 29.8 Å². The maximum atomic E-state index is 12.6. The van der Waals surface area contributed by atoms with Crippen LogP contribution >= 0.6 is 0 Å². The standard InChI is InChI=1S/C18H21NO/c1-12(2)16-9-4-13(3)17(18(16)20)10-14-5-7-15(11-19)8-6-14/h5-8,10,12-13,16H,4,9H2,1-3H3/b17-10+. The molecule has 0 bridgehead atoms. The van der Waals surface area contributed by atoms with Crippen LogP contribution in [0.25, 0.3) is 6.08 Å². The highest BCUT2D eigenvalue weighted by atomic mass is 16.1. The Morgan fingerprint density at radius 2 is 1.90 bits per heavy atom. The SMILES string of the molecule is CC1CCC(C(C)C)C(=O)/C1=C/c1ccc(C#N)cc1. The van der Waals surface area contributed by atoms with Gasteiger partial charge in [0.1, 0.15) is 0 Å². The number of hydrogen-bond acceptors (Lipinski definition) is 2. The molecule has 0 radical (unpaired) electrons. The molecule has 0 heterocycles. The lowest BCUT2D eigenvalue weighted by Crippen LogP contribution is -2.30. The average Bonchev–Trinajstić information content (AvgIpc) is 2.43. The molecule has 0 aliphatic heterocycles. The van der Waals surface area contributed by atoms with Gasteiger partial charge in [-0.1, -0.05) is 32.9 Å². The minimum Gasteiger partial charge on any atom is -0.294 e. The van der Waals surface area contributed by atoms with Gasteiger partial charge in [-0.05, 0) is 54.0 Å². The van der Waals surface area contributed by atoms with E-state index in [-0.39, 0.29) is 5.92 Å². The van der Waals surface area contributed by atoms with Crippen molar-refractivity contribution in [2.24, 2.45) is 17.8 Å². The summed E-state index contributed by atoms with van der Waals surface area (Å²) in [4.78, 5) is 12.6. The van der Waals surface area contributed by atoms with Crippen molar-refractivity contribution < 1.29 is 4.79 Å². The van der Waals surface area contributed by atoms with E-state index in [1.807, 2.05) is 18.2 Å². The van der Waals surface area contributed by atoms with Gasteiger partial charge in [0, 0.05) is 5.92 Å². The predicted molar refractivity (Wildman–Crippen MR) is 80.9 cm³/mol. The van der Waals surface area contributed by atoms with Gasteiger partial charge >= 0.3 is 0 Å². The number of rotatable bonds is 2. The lowest BCUT2D eigenvalue weighted by Gasteiger charge is -2.30. The Hall–Kier alpha value is -1.88. The molecule has 0 amide bonds. The summed E-state index contributed by atoms with van der Waals surface area (Å²) < 4.78 is 0. The molecule has 2 unspecified atom stereocenters. The normalized spacial score (nSPS) is 24.9. The number of nitriles is 1. The van der Waals surface area contributed by atoms with Crippen molar-refractivity contribution in [2.75, 3.05) is 0 Å². The van der Waals surface area contributed by atoms with E-state index in [0.717, 1.165) is 24.0 Å². The van der Waals surface area contributed by atoms with Crippen LogP contribution in [0.3, 0.4) is 0 Å². The number of carbonyl (C=O) groups is 1. The van der Waals surface area contributed by atoms with Crippen LogP contribution in [-0.4, -0.2) is 5.78 Å². The fourth-order valence-electron chi connectivity index (χ4n) is 2.86. The molecule has 0 aromatic heterocycles. The van der Waals surface area contributed by atoms with Gasteiger partial charge in [0.15, 0.2) is 5.78 Å². The zero-order valence-corrected chi connectivity index (χ0v) is 12.4. The maximum Gasteiger partial charge on any atom is 0.162 e. The van der Waals surface area contributed by atoms with Crippen LogP contribution in [-0.2, 0) is 4.79 Å². The highest BCUT2D eigenvalue weighted by Crippen LogP contribution is 2.35. The number of nitrogens with zero attached hydrogens (tertiary/aromatic N) is 1. The smallest absolute Gasteiger partial charge is 0.162 e. The molecule has 20 heavy (non-hydrogen) atoms. The van der Waals surface area contributed by atoms with Gasteiger partial charge in [0.05, 0.1) is 11.6 Å². The van der Waals surface area contributed by atoms with Gasteiger partial charge in [-0.3, -0.25) is 4.79 Å². The van der Waals surface area contributed by atoms with Crippen molar-refractivity contribution in [3.05, 3.63) is 41.0 Å². The fourth-order valence-corrected chi connectivity index (χ4v) is 2.86. The van der Waals surface area contributed by atoms with E-state index >= 15 is 0 Å². The number of allylic oxidation sites excluding steroid dienone is 1. The molecular formula is C18H21NO. The zero-order chi connectivity index (χ0) is 14.7.